The Balaban J connectivity index is 1.97. The van der Waals surface area contributed by atoms with E-state index < -0.39 is 15.8 Å². The van der Waals surface area contributed by atoms with Crippen molar-refractivity contribution in [1.29, 1.82) is 0 Å². The molecule has 0 radical (unpaired) electrons. The van der Waals surface area contributed by atoms with Crippen molar-refractivity contribution in [3.63, 3.8) is 0 Å². The van der Waals surface area contributed by atoms with E-state index in [4.69, 9.17) is 0 Å². The second kappa shape index (κ2) is 7.47. The zero-order chi connectivity index (χ0) is 16.9. The van der Waals surface area contributed by atoms with Gasteiger partial charge in [0.25, 0.3) is 0 Å². The maximum absolute atomic E-state index is 12.7. The molecule has 6 nitrogen and oxygen atoms in total. The van der Waals surface area contributed by atoms with Crippen LogP contribution in [0.3, 0.4) is 0 Å². The first kappa shape index (κ1) is 17.3. The van der Waals surface area contributed by atoms with E-state index in [1.54, 1.807) is 24.3 Å². The van der Waals surface area contributed by atoms with Crippen LogP contribution in [0.5, 0.6) is 0 Å². The summed E-state index contributed by atoms with van der Waals surface area (Å²) in [5, 5.41) is 2.93. The fraction of sp³-hybridized carbons (Fsp3) is 0.333. The Morgan fingerprint density at radius 1 is 1.13 bits per heavy atom. The summed E-state index contributed by atoms with van der Waals surface area (Å²) in [7, 11) is -3.48. The first-order valence-corrected chi connectivity index (χ1v) is 8.65. The molecule has 0 aliphatic heterocycles. The van der Waals surface area contributed by atoms with Gasteiger partial charge in [0.2, 0.25) is 16.0 Å². The number of halogens is 1. The van der Waals surface area contributed by atoms with Crippen LogP contribution in [0.15, 0.2) is 41.6 Å². The SMILES string of the molecule is CC(C)CNS(=O)(=O)c1ccc(CNc2ncc(F)cn2)cc1. The molecule has 0 bridgehead atoms. The molecule has 0 aliphatic rings. The Kier molecular flexibility index (Phi) is 5.62. The third-order valence-electron chi connectivity index (χ3n) is 2.99. The fourth-order valence-corrected chi connectivity index (χ4v) is 2.94. The van der Waals surface area contributed by atoms with Crippen molar-refractivity contribution in [2.24, 2.45) is 5.92 Å². The van der Waals surface area contributed by atoms with E-state index in [1.807, 2.05) is 13.8 Å². The Hall–Kier alpha value is -2.06. The number of sulfonamides is 1. The van der Waals surface area contributed by atoms with Crippen molar-refractivity contribution < 1.29 is 12.8 Å². The van der Waals surface area contributed by atoms with Gasteiger partial charge in [-0.05, 0) is 23.6 Å². The summed E-state index contributed by atoms with van der Waals surface area (Å²) in [5.74, 6) is 0.0460. The molecule has 1 aromatic heterocycles. The molecule has 124 valence electrons. The zero-order valence-electron chi connectivity index (χ0n) is 13.0. The zero-order valence-corrected chi connectivity index (χ0v) is 13.8. The lowest BCUT2D eigenvalue weighted by atomic mass is 10.2. The summed E-state index contributed by atoms with van der Waals surface area (Å²) >= 11 is 0. The van der Waals surface area contributed by atoms with Gasteiger partial charge < -0.3 is 5.32 Å². The van der Waals surface area contributed by atoms with Crippen LogP contribution in [0, 0.1) is 11.7 Å². The van der Waals surface area contributed by atoms with E-state index in [-0.39, 0.29) is 10.8 Å². The van der Waals surface area contributed by atoms with Gasteiger partial charge in [-0.15, -0.1) is 0 Å². The molecule has 0 saturated carbocycles. The molecule has 0 saturated heterocycles. The van der Waals surface area contributed by atoms with Crippen LogP contribution in [0.2, 0.25) is 0 Å². The minimum atomic E-state index is -3.48. The van der Waals surface area contributed by atoms with Crippen LogP contribution in [-0.2, 0) is 16.6 Å². The van der Waals surface area contributed by atoms with Gasteiger partial charge in [0.1, 0.15) is 0 Å². The molecule has 23 heavy (non-hydrogen) atoms. The highest BCUT2D eigenvalue weighted by Gasteiger charge is 2.13. The topological polar surface area (TPSA) is 84.0 Å². The smallest absolute Gasteiger partial charge is 0.240 e. The Morgan fingerprint density at radius 3 is 2.30 bits per heavy atom. The van der Waals surface area contributed by atoms with Crippen LogP contribution < -0.4 is 10.0 Å². The van der Waals surface area contributed by atoms with Crippen LogP contribution >= 0.6 is 0 Å². The van der Waals surface area contributed by atoms with Crippen LogP contribution in [-0.4, -0.2) is 24.9 Å². The van der Waals surface area contributed by atoms with E-state index in [1.165, 1.54) is 0 Å². The number of nitrogens with one attached hydrogen (secondary N) is 2. The number of benzene rings is 1. The van der Waals surface area contributed by atoms with Crippen LogP contribution in [0.1, 0.15) is 19.4 Å². The molecule has 0 unspecified atom stereocenters. The Bertz CT molecular complexity index is 731. The maximum atomic E-state index is 12.7. The Morgan fingerprint density at radius 2 is 1.74 bits per heavy atom. The van der Waals surface area contributed by atoms with Crippen molar-refractivity contribution in [3.8, 4) is 0 Å². The molecular formula is C15H19FN4O2S. The second-order valence-electron chi connectivity index (χ2n) is 5.47. The maximum Gasteiger partial charge on any atom is 0.240 e. The quantitative estimate of drug-likeness (QED) is 0.808. The van der Waals surface area contributed by atoms with E-state index >= 15 is 0 Å². The molecule has 2 rings (SSSR count). The summed E-state index contributed by atoms with van der Waals surface area (Å²) < 4.78 is 39.4. The molecule has 0 spiro atoms. The number of aromatic nitrogens is 2. The van der Waals surface area contributed by atoms with Gasteiger partial charge >= 0.3 is 0 Å². The Labute approximate surface area is 135 Å². The van der Waals surface area contributed by atoms with E-state index in [0.29, 0.717) is 19.0 Å². The highest BCUT2D eigenvalue weighted by atomic mass is 32.2. The van der Waals surface area contributed by atoms with Crippen molar-refractivity contribution in [1.82, 2.24) is 14.7 Å². The molecule has 2 aromatic rings. The largest absolute Gasteiger partial charge is 0.350 e. The van der Waals surface area contributed by atoms with E-state index in [2.05, 4.69) is 20.0 Å². The van der Waals surface area contributed by atoms with Gasteiger partial charge in [-0.25, -0.2) is 27.5 Å². The second-order valence-corrected chi connectivity index (χ2v) is 7.24. The minimum absolute atomic E-state index is 0.222. The van der Waals surface area contributed by atoms with Gasteiger partial charge in [-0.3, -0.25) is 0 Å². The summed E-state index contributed by atoms with van der Waals surface area (Å²) in [6, 6.07) is 6.51. The normalized spacial score (nSPS) is 11.7. The van der Waals surface area contributed by atoms with Gasteiger partial charge in [-0.2, -0.15) is 0 Å². The summed E-state index contributed by atoms with van der Waals surface area (Å²) in [5.41, 5.74) is 0.862. The van der Waals surface area contributed by atoms with Gasteiger partial charge in [-0.1, -0.05) is 26.0 Å². The predicted molar refractivity (Wildman–Crippen MR) is 85.8 cm³/mol. The molecule has 0 atom stereocenters. The van der Waals surface area contributed by atoms with E-state index in [9.17, 15) is 12.8 Å². The number of hydrogen-bond donors (Lipinski definition) is 2. The molecule has 0 amide bonds. The first-order valence-electron chi connectivity index (χ1n) is 7.17. The molecule has 8 heteroatoms. The van der Waals surface area contributed by atoms with Crippen LogP contribution in [0.25, 0.3) is 0 Å². The molecule has 1 aromatic carbocycles. The lowest BCUT2D eigenvalue weighted by molar-refractivity contribution is 0.560. The third kappa shape index (κ3) is 5.26. The summed E-state index contributed by atoms with van der Waals surface area (Å²) in [6.45, 7) is 4.68. The lowest BCUT2D eigenvalue weighted by Crippen LogP contribution is -2.27. The van der Waals surface area contributed by atoms with E-state index in [0.717, 1.165) is 18.0 Å². The fourth-order valence-electron chi connectivity index (χ4n) is 1.73. The highest BCUT2D eigenvalue weighted by molar-refractivity contribution is 7.89. The average Bonchev–Trinajstić information content (AvgIpc) is 2.53. The molecule has 2 N–H and O–H groups in total. The predicted octanol–water partition coefficient (Wildman–Crippen LogP) is 2.16. The number of rotatable bonds is 7. The highest BCUT2D eigenvalue weighted by Crippen LogP contribution is 2.12. The molecule has 1 heterocycles. The lowest BCUT2D eigenvalue weighted by Gasteiger charge is -2.10. The molecular weight excluding hydrogens is 319 g/mol. The first-order chi connectivity index (χ1) is 10.9. The number of anilines is 1. The summed E-state index contributed by atoms with van der Waals surface area (Å²) in [4.78, 5) is 7.80. The molecule has 0 aliphatic carbocycles. The third-order valence-corrected chi connectivity index (χ3v) is 4.43. The minimum Gasteiger partial charge on any atom is -0.350 e. The average molecular weight is 338 g/mol. The standard InChI is InChI=1S/C15H19FN4O2S/c1-11(2)7-20-23(21,22)14-5-3-12(4-6-14)8-17-15-18-9-13(16)10-19-15/h3-6,9-11,20H,7-8H2,1-2H3,(H,17,18,19). The van der Waals surface area contributed by atoms with Crippen LogP contribution in [0.4, 0.5) is 10.3 Å². The van der Waals surface area contributed by atoms with Gasteiger partial charge in [0, 0.05) is 13.1 Å². The van der Waals surface area contributed by atoms with Gasteiger partial charge in [0.15, 0.2) is 5.82 Å². The number of hydrogen-bond acceptors (Lipinski definition) is 5. The molecule has 0 fully saturated rings. The van der Waals surface area contributed by atoms with Crippen molar-refractivity contribution in [3.05, 3.63) is 48.0 Å². The number of nitrogens with zero attached hydrogens (tertiary/aromatic N) is 2. The van der Waals surface area contributed by atoms with Crippen molar-refractivity contribution in [2.75, 3.05) is 11.9 Å². The van der Waals surface area contributed by atoms with Crippen molar-refractivity contribution >= 4 is 16.0 Å². The monoisotopic (exact) mass is 338 g/mol. The van der Waals surface area contributed by atoms with Gasteiger partial charge in [0.05, 0.1) is 17.3 Å². The van der Waals surface area contributed by atoms with Crippen molar-refractivity contribution in [2.45, 2.75) is 25.3 Å². The summed E-state index contributed by atoms with van der Waals surface area (Å²) in [6.07, 6.45) is 2.15.